The van der Waals surface area contributed by atoms with Crippen LogP contribution in [-0.4, -0.2) is 85.1 Å². The van der Waals surface area contributed by atoms with Gasteiger partial charge in [0.2, 0.25) is 0 Å². The van der Waals surface area contributed by atoms with Gasteiger partial charge < -0.3 is 24.9 Å². The topological polar surface area (TPSA) is 98.1 Å². The van der Waals surface area contributed by atoms with Crippen LogP contribution in [0.25, 0.3) is 0 Å². The number of anilines is 2. The molecule has 3 heterocycles. The summed E-state index contributed by atoms with van der Waals surface area (Å²) in [5, 5.41) is 14.7. The number of likely N-dealkylation sites (N-methyl/N-ethyl adjacent to an activating group) is 1. The fourth-order valence-electron chi connectivity index (χ4n) is 4.13. The van der Waals surface area contributed by atoms with Gasteiger partial charge in [-0.2, -0.15) is 0 Å². The van der Waals surface area contributed by atoms with Crippen molar-refractivity contribution in [2.75, 3.05) is 69.2 Å². The van der Waals surface area contributed by atoms with Crippen molar-refractivity contribution in [2.24, 2.45) is 0 Å². The number of nitro benzene ring substituents is 1. The summed E-state index contributed by atoms with van der Waals surface area (Å²) in [5.74, 6) is 0.938. The number of nitrogens with one attached hydrogen (secondary N) is 1. The number of benzene rings is 1. The normalized spacial score (nSPS) is 17.2. The largest absolute Gasteiger partial charge is 0.362 e. The van der Waals surface area contributed by atoms with Gasteiger partial charge in [-0.15, -0.1) is 0 Å². The van der Waals surface area contributed by atoms with Crippen LogP contribution in [0.15, 0.2) is 36.5 Å². The van der Waals surface area contributed by atoms with Crippen LogP contribution in [-0.2, 0) is 6.54 Å². The second-order valence-corrected chi connectivity index (χ2v) is 8.77. The lowest BCUT2D eigenvalue weighted by molar-refractivity contribution is -0.384. The number of carbonyl (C=O) groups excluding carboxylic acids is 1. The van der Waals surface area contributed by atoms with Gasteiger partial charge >= 0.3 is 6.03 Å². The van der Waals surface area contributed by atoms with E-state index >= 15 is 0 Å². The Bertz CT molecular complexity index is 1010. The molecule has 2 saturated heterocycles. The summed E-state index contributed by atoms with van der Waals surface area (Å²) in [6.07, 6.45) is 1.78. The third kappa shape index (κ3) is 5.63. The van der Waals surface area contributed by atoms with Crippen molar-refractivity contribution in [3.8, 4) is 0 Å². The van der Waals surface area contributed by atoms with E-state index in [1.165, 1.54) is 6.07 Å². The Morgan fingerprint density at radius 2 is 1.76 bits per heavy atom. The predicted octanol–water partition coefficient (Wildman–Crippen LogP) is 2.43. The summed E-state index contributed by atoms with van der Waals surface area (Å²) in [5.41, 5.74) is 1.51. The highest BCUT2D eigenvalue weighted by Crippen LogP contribution is 2.31. The van der Waals surface area contributed by atoms with Crippen LogP contribution in [0.5, 0.6) is 0 Å². The van der Waals surface area contributed by atoms with Gasteiger partial charge in [0, 0.05) is 76.2 Å². The average molecular weight is 474 g/mol. The van der Waals surface area contributed by atoms with E-state index < -0.39 is 4.92 Å². The first kappa shape index (κ1) is 23.1. The van der Waals surface area contributed by atoms with Crippen molar-refractivity contribution in [2.45, 2.75) is 6.54 Å². The van der Waals surface area contributed by atoms with Gasteiger partial charge in [0.15, 0.2) is 0 Å². The third-order valence-corrected chi connectivity index (χ3v) is 6.36. The first-order valence-corrected chi connectivity index (χ1v) is 11.4. The minimum atomic E-state index is -0.425. The predicted molar refractivity (Wildman–Crippen MR) is 128 cm³/mol. The van der Waals surface area contributed by atoms with Crippen LogP contribution in [0.4, 0.5) is 22.0 Å². The molecule has 176 valence electrons. The lowest BCUT2D eigenvalue weighted by atomic mass is 10.2. The summed E-state index contributed by atoms with van der Waals surface area (Å²) in [4.78, 5) is 36.4. The van der Waals surface area contributed by atoms with E-state index in [2.05, 4.69) is 27.1 Å². The van der Waals surface area contributed by atoms with Crippen LogP contribution in [0, 0.1) is 10.1 Å². The van der Waals surface area contributed by atoms with E-state index in [-0.39, 0.29) is 11.7 Å². The third-order valence-electron chi connectivity index (χ3n) is 6.12. The number of aromatic nitrogens is 1. The maximum Gasteiger partial charge on any atom is 0.317 e. The molecule has 2 aliphatic heterocycles. The SMILES string of the molecule is CN1CCN(c2cc(CNC(=O)N3CCN(c4ccc(Cl)cc4[N+](=O)[O-])CC3)ccn2)CC1. The number of pyridine rings is 1. The van der Waals surface area contributed by atoms with Crippen molar-refractivity contribution in [1.29, 1.82) is 0 Å². The first-order valence-electron chi connectivity index (χ1n) is 11.0. The van der Waals surface area contributed by atoms with E-state index in [1.807, 2.05) is 17.0 Å². The molecule has 10 nitrogen and oxygen atoms in total. The summed E-state index contributed by atoms with van der Waals surface area (Å²) >= 11 is 5.92. The van der Waals surface area contributed by atoms with Crippen LogP contribution in [0.1, 0.15) is 5.56 Å². The second kappa shape index (κ2) is 10.2. The van der Waals surface area contributed by atoms with Gasteiger partial charge in [-0.1, -0.05) is 11.6 Å². The minimum Gasteiger partial charge on any atom is -0.362 e. The molecular weight excluding hydrogens is 446 g/mol. The maximum absolute atomic E-state index is 12.7. The molecule has 4 rings (SSSR count). The van der Waals surface area contributed by atoms with Crippen molar-refractivity contribution in [1.82, 2.24) is 20.1 Å². The summed E-state index contributed by atoms with van der Waals surface area (Å²) in [6.45, 7) is 6.30. The van der Waals surface area contributed by atoms with Crippen LogP contribution in [0.2, 0.25) is 5.02 Å². The lowest BCUT2D eigenvalue weighted by Gasteiger charge is -2.35. The van der Waals surface area contributed by atoms with E-state index in [0.29, 0.717) is 43.4 Å². The number of nitro groups is 1. The number of carbonyl (C=O) groups is 1. The Morgan fingerprint density at radius 1 is 1.06 bits per heavy atom. The van der Waals surface area contributed by atoms with Gasteiger partial charge in [0.05, 0.1) is 4.92 Å². The highest BCUT2D eigenvalue weighted by molar-refractivity contribution is 6.30. The van der Waals surface area contributed by atoms with Crippen molar-refractivity contribution in [3.63, 3.8) is 0 Å². The highest BCUT2D eigenvalue weighted by Gasteiger charge is 2.26. The molecule has 0 atom stereocenters. The number of piperazine rings is 2. The van der Waals surface area contributed by atoms with Crippen molar-refractivity contribution in [3.05, 3.63) is 57.2 Å². The molecular formula is C22H28ClN7O3. The molecule has 1 aromatic heterocycles. The van der Waals surface area contributed by atoms with E-state index in [1.54, 1.807) is 23.2 Å². The van der Waals surface area contributed by atoms with E-state index in [0.717, 1.165) is 37.6 Å². The number of halogens is 1. The molecule has 2 amide bonds. The van der Waals surface area contributed by atoms with Gasteiger partial charge in [-0.05, 0) is 36.9 Å². The molecule has 11 heteroatoms. The zero-order valence-electron chi connectivity index (χ0n) is 18.6. The van der Waals surface area contributed by atoms with Crippen molar-refractivity contribution < 1.29 is 9.72 Å². The standard InChI is InChI=1S/C22H28ClN7O3/c1-26-6-8-28(9-7-26)21-14-17(4-5-24-21)16-25-22(31)29-12-10-27(11-13-29)19-3-2-18(23)15-20(19)30(32)33/h2-5,14-15H,6-13,16H2,1H3,(H,25,31). The number of nitrogens with zero attached hydrogens (tertiary/aromatic N) is 6. The minimum absolute atomic E-state index is 0.0192. The maximum atomic E-state index is 12.7. The molecule has 0 radical (unpaired) electrons. The molecule has 2 aliphatic rings. The summed E-state index contributed by atoms with van der Waals surface area (Å²) in [7, 11) is 2.12. The Kier molecular flexibility index (Phi) is 7.14. The second-order valence-electron chi connectivity index (χ2n) is 8.34. The summed E-state index contributed by atoms with van der Waals surface area (Å²) in [6, 6.07) is 8.48. The first-order chi connectivity index (χ1) is 15.9. The van der Waals surface area contributed by atoms with Crippen molar-refractivity contribution >= 4 is 34.8 Å². The van der Waals surface area contributed by atoms with Crippen LogP contribution < -0.4 is 15.1 Å². The zero-order valence-corrected chi connectivity index (χ0v) is 19.4. The zero-order chi connectivity index (χ0) is 23.4. The molecule has 33 heavy (non-hydrogen) atoms. The fraction of sp³-hybridized carbons (Fsp3) is 0.455. The average Bonchev–Trinajstić information content (AvgIpc) is 2.83. The number of hydrogen-bond acceptors (Lipinski definition) is 7. The van der Waals surface area contributed by atoms with Gasteiger partial charge in [-0.3, -0.25) is 10.1 Å². The molecule has 2 aromatic rings. The quantitative estimate of drug-likeness (QED) is 0.526. The van der Waals surface area contributed by atoms with Crippen LogP contribution in [0.3, 0.4) is 0 Å². The highest BCUT2D eigenvalue weighted by atomic mass is 35.5. The molecule has 1 aromatic carbocycles. The van der Waals surface area contributed by atoms with Crippen LogP contribution >= 0.6 is 11.6 Å². The number of rotatable bonds is 5. The number of amides is 2. The molecule has 0 spiro atoms. The Hall–Kier alpha value is -3.11. The Balaban J connectivity index is 1.30. The monoisotopic (exact) mass is 473 g/mol. The molecule has 0 unspecified atom stereocenters. The van der Waals surface area contributed by atoms with E-state index in [4.69, 9.17) is 11.6 Å². The lowest BCUT2D eigenvalue weighted by Crippen LogP contribution is -2.51. The molecule has 0 bridgehead atoms. The van der Waals surface area contributed by atoms with E-state index in [9.17, 15) is 14.9 Å². The number of hydrogen-bond donors (Lipinski definition) is 1. The molecule has 0 aliphatic carbocycles. The smallest absolute Gasteiger partial charge is 0.317 e. The number of urea groups is 1. The van der Waals surface area contributed by atoms with Gasteiger partial charge in [0.25, 0.3) is 5.69 Å². The fourth-order valence-corrected chi connectivity index (χ4v) is 4.30. The summed E-state index contributed by atoms with van der Waals surface area (Å²) < 4.78 is 0. The molecule has 2 fully saturated rings. The Morgan fingerprint density at radius 3 is 2.45 bits per heavy atom. The molecule has 1 N–H and O–H groups in total. The molecule has 0 saturated carbocycles. The van der Waals surface area contributed by atoms with Gasteiger partial charge in [-0.25, -0.2) is 9.78 Å². The Labute approximate surface area is 197 Å². The van der Waals surface area contributed by atoms with Gasteiger partial charge in [0.1, 0.15) is 11.5 Å².